The number of methoxy groups -OCH3 is 1. The van der Waals surface area contributed by atoms with E-state index in [2.05, 4.69) is 41.5 Å². The maximum atomic E-state index is 5.13. The first-order chi connectivity index (χ1) is 9.31. The zero-order chi connectivity index (χ0) is 13.5. The molecule has 3 heteroatoms. The van der Waals surface area contributed by atoms with E-state index in [0.29, 0.717) is 5.92 Å². The summed E-state index contributed by atoms with van der Waals surface area (Å²) in [4.78, 5) is 4.48. The summed E-state index contributed by atoms with van der Waals surface area (Å²) >= 11 is 0. The van der Waals surface area contributed by atoms with Crippen LogP contribution in [0, 0.1) is 5.92 Å². The summed E-state index contributed by atoms with van der Waals surface area (Å²) in [5.41, 5.74) is 2.43. The van der Waals surface area contributed by atoms with Crippen molar-refractivity contribution in [3.05, 3.63) is 42.1 Å². The molecule has 2 rings (SSSR count). The average molecular weight is 258 g/mol. The number of nitrogens with one attached hydrogen (secondary N) is 1. The number of hydrogen-bond acceptors (Lipinski definition) is 3. The lowest BCUT2D eigenvalue weighted by molar-refractivity contribution is 0.158. The van der Waals surface area contributed by atoms with Gasteiger partial charge in [0.05, 0.1) is 5.52 Å². The SMILES string of the molecule is COCC(C)CNCCc1cccc2cccnc12. The number of benzene rings is 1. The molecule has 1 atom stereocenters. The molecule has 1 N–H and O–H groups in total. The van der Waals surface area contributed by atoms with Crippen LogP contribution in [0.5, 0.6) is 0 Å². The van der Waals surface area contributed by atoms with Crippen LogP contribution in [0.25, 0.3) is 10.9 Å². The van der Waals surface area contributed by atoms with Gasteiger partial charge in [-0.1, -0.05) is 31.2 Å². The van der Waals surface area contributed by atoms with Gasteiger partial charge in [0.1, 0.15) is 0 Å². The summed E-state index contributed by atoms with van der Waals surface area (Å²) in [6, 6.07) is 10.5. The Morgan fingerprint density at radius 3 is 2.95 bits per heavy atom. The van der Waals surface area contributed by atoms with Gasteiger partial charge in [0.15, 0.2) is 0 Å². The quantitative estimate of drug-likeness (QED) is 0.775. The zero-order valence-corrected chi connectivity index (χ0v) is 11.7. The number of pyridine rings is 1. The van der Waals surface area contributed by atoms with E-state index in [-0.39, 0.29) is 0 Å². The zero-order valence-electron chi connectivity index (χ0n) is 11.7. The Hall–Kier alpha value is -1.45. The van der Waals surface area contributed by atoms with Crippen molar-refractivity contribution in [1.82, 2.24) is 10.3 Å². The number of hydrogen-bond donors (Lipinski definition) is 1. The van der Waals surface area contributed by atoms with Crippen LogP contribution in [-0.4, -0.2) is 31.8 Å². The molecule has 19 heavy (non-hydrogen) atoms. The fourth-order valence-corrected chi connectivity index (χ4v) is 2.28. The van der Waals surface area contributed by atoms with Crippen molar-refractivity contribution in [3.8, 4) is 0 Å². The third-order valence-corrected chi connectivity index (χ3v) is 3.23. The Balaban J connectivity index is 1.88. The molecular formula is C16H22N2O. The van der Waals surface area contributed by atoms with Crippen LogP contribution in [0.15, 0.2) is 36.5 Å². The topological polar surface area (TPSA) is 34.1 Å². The lowest BCUT2D eigenvalue weighted by Gasteiger charge is -2.11. The van der Waals surface area contributed by atoms with Crippen molar-refractivity contribution >= 4 is 10.9 Å². The first kappa shape index (κ1) is 14.0. The van der Waals surface area contributed by atoms with E-state index in [1.807, 2.05) is 12.3 Å². The number of fused-ring (bicyclic) bond motifs is 1. The minimum atomic E-state index is 0.552. The second-order valence-electron chi connectivity index (χ2n) is 5.01. The Labute approximate surface area is 115 Å². The molecule has 1 aromatic heterocycles. The van der Waals surface area contributed by atoms with Gasteiger partial charge in [-0.25, -0.2) is 0 Å². The third kappa shape index (κ3) is 4.01. The molecule has 1 unspecified atom stereocenters. The fraction of sp³-hybridized carbons (Fsp3) is 0.438. The maximum absolute atomic E-state index is 5.13. The van der Waals surface area contributed by atoms with Gasteiger partial charge in [0.25, 0.3) is 0 Å². The number of para-hydroxylation sites is 1. The van der Waals surface area contributed by atoms with Crippen molar-refractivity contribution in [2.75, 3.05) is 26.8 Å². The van der Waals surface area contributed by atoms with Gasteiger partial charge < -0.3 is 10.1 Å². The molecule has 0 aliphatic heterocycles. The molecule has 3 nitrogen and oxygen atoms in total. The van der Waals surface area contributed by atoms with Gasteiger partial charge in [-0.15, -0.1) is 0 Å². The standard InChI is InChI=1S/C16H22N2O/c1-13(12-19-2)11-17-10-8-15-6-3-5-14-7-4-9-18-16(14)15/h3-7,9,13,17H,8,10-12H2,1-2H3. The first-order valence-corrected chi connectivity index (χ1v) is 6.83. The van der Waals surface area contributed by atoms with Crippen LogP contribution in [0.4, 0.5) is 0 Å². The molecule has 0 radical (unpaired) electrons. The predicted molar refractivity (Wildman–Crippen MR) is 79.4 cm³/mol. The summed E-state index contributed by atoms with van der Waals surface area (Å²) in [5.74, 6) is 0.552. The second kappa shape index (κ2) is 7.22. The Morgan fingerprint density at radius 1 is 1.26 bits per heavy atom. The van der Waals surface area contributed by atoms with Crippen molar-refractivity contribution in [3.63, 3.8) is 0 Å². The van der Waals surface area contributed by atoms with Crippen LogP contribution in [0.1, 0.15) is 12.5 Å². The monoisotopic (exact) mass is 258 g/mol. The molecule has 0 aliphatic rings. The van der Waals surface area contributed by atoms with Gasteiger partial charge in [-0.3, -0.25) is 4.98 Å². The summed E-state index contributed by atoms with van der Waals surface area (Å²) in [5, 5.41) is 4.69. The number of nitrogens with zero attached hydrogens (tertiary/aromatic N) is 1. The minimum Gasteiger partial charge on any atom is -0.384 e. The van der Waals surface area contributed by atoms with Gasteiger partial charge in [0, 0.05) is 25.3 Å². The molecule has 0 saturated carbocycles. The lowest BCUT2D eigenvalue weighted by Crippen LogP contribution is -2.25. The Kier molecular flexibility index (Phi) is 5.31. The molecule has 1 heterocycles. The highest BCUT2D eigenvalue weighted by molar-refractivity contribution is 5.81. The van der Waals surface area contributed by atoms with Crippen LogP contribution in [0.3, 0.4) is 0 Å². The largest absolute Gasteiger partial charge is 0.384 e. The third-order valence-electron chi connectivity index (χ3n) is 3.23. The lowest BCUT2D eigenvalue weighted by atomic mass is 10.1. The average Bonchev–Trinajstić information content (AvgIpc) is 2.44. The van der Waals surface area contributed by atoms with Crippen LogP contribution >= 0.6 is 0 Å². The van der Waals surface area contributed by atoms with Gasteiger partial charge in [-0.2, -0.15) is 0 Å². The van der Waals surface area contributed by atoms with Crippen LogP contribution < -0.4 is 5.32 Å². The maximum Gasteiger partial charge on any atom is 0.0734 e. The number of rotatable bonds is 7. The van der Waals surface area contributed by atoms with E-state index in [1.54, 1.807) is 7.11 Å². The minimum absolute atomic E-state index is 0.552. The van der Waals surface area contributed by atoms with E-state index >= 15 is 0 Å². The fourth-order valence-electron chi connectivity index (χ4n) is 2.28. The van der Waals surface area contributed by atoms with E-state index in [1.165, 1.54) is 10.9 Å². The van der Waals surface area contributed by atoms with Gasteiger partial charge in [0.2, 0.25) is 0 Å². The molecule has 0 aliphatic carbocycles. The highest BCUT2D eigenvalue weighted by Crippen LogP contribution is 2.15. The van der Waals surface area contributed by atoms with Crippen molar-refractivity contribution in [2.45, 2.75) is 13.3 Å². The van der Waals surface area contributed by atoms with Crippen molar-refractivity contribution in [1.29, 1.82) is 0 Å². The predicted octanol–water partition coefficient (Wildman–Crippen LogP) is 2.65. The molecule has 1 aromatic carbocycles. The number of aromatic nitrogens is 1. The highest BCUT2D eigenvalue weighted by Gasteiger charge is 2.03. The normalized spacial score (nSPS) is 12.7. The summed E-state index contributed by atoms with van der Waals surface area (Å²) < 4.78 is 5.13. The summed E-state index contributed by atoms with van der Waals surface area (Å²) in [6.45, 7) is 4.97. The molecule has 0 fully saturated rings. The molecule has 0 saturated heterocycles. The Bertz CT molecular complexity index is 508. The molecule has 0 bridgehead atoms. The highest BCUT2D eigenvalue weighted by atomic mass is 16.5. The Morgan fingerprint density at radius 2 is 2.11 bits per heavy atom. The van der Waals surface area contributed by atoms with E-state index < -0.39 is 0 Å². The van der Waals surface area contributed by atoms with Crippen molar-refractivity contribution < 1.29 is 4.74 Å². The smallest absolute Gasteiger partial charge is 0.0734 e. The molecule has 0 spiro atoms. The summed E-state index contributed by atoms with van der Waals surface area (Å²) in [7, 11) is 1.75. The molecule has 102 valence electrons. The van der Waals surface area contributed by atoms with Crippen LogP contribution in [-0.2, 0) is 11.2 Å². The van der Waals surface area contributed by atoms with E-state index in [9.17, 15) is 0 Å². The first-order valence-electron chi connectivity index (χ1n) is 6.83. The van der Waals surface area contributed by atoms with Gasteiger partial charge in [-0.05, 0) is 37.1 Å². The number of ether oxygens (including phenoxy) is 1. The second-order valence-corrected chi connectivity index (χ2v) is 5.01. The van der Waals surface area contributed by atoms with Gasteiger partial charge >= 0.3 is 0 Å². The van der Waals surface area contributed by atoms with E-state index in [0.717, 1.165) is 31.6 Å². The molecular weight excluding hydrogens is 236 g/mol. The van der Waals surface area contributed by atoms with Crippen molar-refractivity contribution in [2.24, 2.45) is 5.92 Å². The molecule has 0 amide bonds. The summed E-state index contributed by atoms with van der Waals surface area (Å²) in [6.07, 6.45) is 2.87. The molecule has 2 aromatic rings. The van der Waals surface area contributed by atoms with E-state index in [4.69, 9.17) is 4.74 Å². The van der Waals surface area contributed by atoms with Crippen LogP contribution in [0.2, 0.25) is 0 Å².